The summed E-state index contributed by atoms with van der Waals surface area (Å²) in [6.45, 7) is 0. The molecular formula is C19H13Cl2NO4S2. The molecule has 1 aliphatic rings. The molecule has 1 heterocycles. The van der Waals surface area contributed by atoms with E-state index in [1.165, 1.54) is 35.9 Å². The van der Waals surface area contributed by atoms with Gasteiger partial charge in [0.2, 0.25) is 0 Å². The molecule has 1 saturated heterocycles. The number of benzene rings is 2. The highest BCUT2D eigenvalue weighted by molar-refractivity contribution is 8.26. The zero-order valence-electron chi connectivity index (χ0n) is 14.7. The molecular weight excluding hydrogens is 441 g/mol. The van der Waals surface area contributed by atoms with Crippen LogP contribution in [0.3, 0.4) is 0 Å². The Labute approximate surface area is 181 Å². The summed E-state index contributed by atoms with van der Waals surface area (Å²) < 4.78 is 11.2. The van der Waals surface area contributed by atoms with E-state index in [2.05, 4.69) is 0 Å². The zero-order valence-corrected chi connectivity index (χ0v) is 17.8. The van der Waals surface area contributed by atoms with Crippen LogP contribution in [-0.2, 0) is 4.79 Å². The van der Waals surface area contributed by atoms with Crippen LogP contribution in [0, 0.1) is 0 Å². The Balaban J connectivity index is 1.85. The number of likely N-dealkylation sites (N-methyl/N-ethyl adjacent to an activating group) is 1. The molecule has 9 heteroatoms. The Morgan fingerprint density at radius 2 is 1.93 bits per heavy atom. The van der Waals surface area contributed by atoms with Gasteiger partial charge in [-0.1, -0.05) is 53.2 Å². The van der Waals surface area contributed by atoms with Gasteiger partial charge in [-0.2, -0.15) is 0 Å². The fraction of sp³-hybridized carbons (Fsp3) is 0.105. The second-order valence-electron chi connectivity index (χ2n) is 5.66. The van der Waals surface area contributed by atoms with Crippen molar-refractivity contribution in [2.24, 2.45) is 0 Å². The molecule has 0 unspecified atom stereocenters. The molecule has 144 valence electrons. The zero-order chi connectivity index (χ0) is 20.4. The highest BCUT2D eigenvalue weighted by Crippen LogP contribution is 2.34. The van der Waals surface area contributed by atoms with Gasteiger partial charge < -0.3 is 9.47 Å². The number of halogens is 2. The number of carbonyl (C=O) groups excluding carboxylic acids is 2. The molecule has 2 aromatic carbocycles. The molecule has 0 atom stereocenters. The maximum atomic E-state index is 12.4. The van der Waals surface area contributed by atoms with Crippen molar-refractivity contribution in [1.82, 2.24) is 4.90 Å². The maximum Gasteiger partial charge on any atom is 0.345 e. The van der Waals surface area contributed by atoms with Crippen molar-refractivity contribution in [3.8, 4) is 11.5 Å². The predicted octanol–water partition coefficient (Wildman–Crippen LogP) is 5.05. The molecule has 0 saturated carbocycles. The van der Waals surface area contributed by atoms with Crippen molar-refractivity contribution in [3.05, 3.63) is 62.5 Å². The van der Waals surface area contributed by atoms with E-state index in [9.17, 15) is 9.59 Å². The van der Waals surface area contributed by atoms with Gasteiger partial charge in [-0.15, -0.1) is 0 Å². The minimum atomic E-state index is -0.639. The Morgan fingerprint density at radius 1 is 1.18 bits per heavy atom. The third kappa shape index (κ3) is 4.33. The average molecular weight is 454 g/mol. The summed E-state index contributed by atoms with van der Waals surface area (Å²) in [6, 6.07) is 9.45. The average Bonchev–Trinajstić information content (AvgIpc) is 2.89. The van der Waals surface area contributed by atoms with E-state index in [-0.39, 0.29) is 22.2 Å². The number of hydrogen-bond donors (Lipinski definition) is 0. The first kappa shape index (κ1) is 20.7. The Hall–Kier alpha value is -2.06. The number of hydrogen-bond acceptors (Lipinski definition) is 6. The SMILES string of the molecule is COc1cc(C=C2SC(=S)N(C)C2=O)ccc1OC(=O)c1ccc(Cl)cc1Cl. The van der Waals surface area contributed by atoms with Crippen LogP contribution < -0.4 is 9.47 Å². The van der Waals surface area contributed by atoms with Gasteiger partial charge in [0, 0.05) is 12.1 Å². The first-order chi connectivity index (χ1) is 13.3. The third-order valence-corrected chi connectivity index (χ3v) is 5.86. The van der Waals surface area contributed by atoms with E-state index in [4.69, 9.17) is 44.9 Å². The summed E-state index contributed by atoms with van der Waals surface area (Å²) in [5.74, 6) is -0.251. The lowest BCUT2D eigenvalue weighted by molar-refractivity contribution is -0.121. The van der Waals surface area contributed by atoms with Gasteiger partial charge in [0.05, 0.1) is 22.6 Å². The van der Waals surface area contributed by atoms with Crippen molar-refractivity contribution in [2.45, 2.75) is 0 Å². The van der Waals surface area contributed by atoms with Crippen LogP contribution in [0.15, 0.2) is 41.3 Å². The molecule has 0 aliphatic carbocycles. The highest BCUT2D eigenvalue weighted by atomic mass is 35.5. The molecule has 3 rings (SSSR count). The molecule has 0 N–H and O–H groups in total. The molecule has 0 spiro atoms. The molecule has 28 heavy (non-hydrogen) atoms. The van der Waals surface area contributed by atoms with Gasteiger partial charge in [0.15, 0.2) is 11.5 Å². The summed E-state index contributed by atoms with van der Waals surface area (Å²) in [5.41, 5.74) is 0.888. The van der Waals surface area contributed by atoms with Crippen LogP contribution >= 0.6 is 47.2 Å². The summed E-state index contributed by atoms with van der Waals surface area (Å²) >= 11 is 18.2. The van der Waals surface area contributed by atoms with Crippen LogP contribution in [0.25, 0.3) is 6.08 Å². The minimum absolute atomic E-state index is 0.165. The van der Waals surface area contributed by atoms with E-state index in [1.54, 1.807) is 37.4 Å². The number of thioether (sulfide) groups is 1. The predicted molar refractivity (Wildman–Crippen MR) is 115 cm³/mol. The summed E-state index contributed by atoms with van der Waals surface area (Å²) in [6.07, 6.45) is 1.70. The first-order valence-corrected chi connectivity index (χ1v) is 9.85. The van der Waals surface area contributed by atoms with Gasteiger partial charge in [0.25, 0.3) is 5.91 Å². The molecule has 0 bridgehead atoms. The molecule has 0 aromatic heterocycles. The summed E-state index contributed by atoms with van der Waals surface area (Å²) in [5, 5.41) is 0.607. The van der Waals surface area contributed by atoms with E-state index in [0.29, 0.717) is 25.6 Å². The smallest absolute Gasteiger partial charge is 0.345 e. The maximum absolute atomic E-state index is 12.4. The van der Waals surface area contributed by atoms with Gasteiger partial charge in [-0.05, 0) is 42.0 Å². The molecule has 1 aliphatic heterocycles. The fourth-order valence-electron chi connectivity index (χ4n) is 2.37. The molecule has 1 amide bonds. The van der Waals surface area contributed by atoms with Crippen LogP contribution in [0.1, 0.15) is 15.9 Å². The van der Waals surface area contributed by atoms with E-state index in [1.807, 2.05) is 0 Å². The van der Waals surface area contributed by atoms with Crippen molar-refractivity contribution in [3.63, 3.8) is 0 Å². The summed E-state index contributed by atoms with van der Waals surface area (Å²) in [7, 11) is 3.08. The van der Waals surface area contributed by atoms with Gasteiger partial charge >= 0.3 is 5.97 Å². The number of thiocarbonyl (C=S) groups is 1. The van der Waals surface area contributed by atoms with E-state index >= 15 is 0 Å². The molecule has 1 fully saturated rings. The van der Waals surface area contributed by atoms with Crippen molar-refractivity contribution in [1.29, 1.82) is 0 Å². The van der Waals surface area contributed by atoms with Crippen molar-refractivity contribution >= 4 is 69.5 Å². The third-order valence-electron chi connectivity index (χ3n) is 3.83. The first-order valence-electron chi connectivity index (χ1n) is 7.87. The van der Waals surface area contributed by atoms with Crippen LogP contribution in [0.2, 0.25) is 10.0 Å². The minimum Gasteiger partial charge on any atom is -0.493 e. The monoisotopic (exact) mass is 453 g/mol. The number of methoxy groups -OCH3 is 1. The van der Waals surface area contributed by atoms with Gasteiger partial charge in [-0.25, -0.2) is 4.79 Å². The highest BCUT2D eigenvalue weighted by Gasteiger charge is 2.28. The topological polar surface area (TPSA) is 55.8 Å². The van der Waals surface area contributed by atoms with E-state index in [0.717, 1.165) is 0 Å². The lowest BCUT2D eigenvalue weighted by Gasteiger charge is -2.11. The normalized spacial score (nSPS) is 15.3. The van der Waals surface area contributed by atoms with Gasteiger partial charge in [-0.3, -0.25) is 9.69 Å². The van der Waals surface area contributed by atoms with Crippen molar-refractivity contribution in [2.75, 3.05) is 14.2 Å². The molecule has 2 aromatic rings. The van der Waals surface area contributed by atoms with E-state index < -0.39 is 5.97 Å². The van der Waals surface area contributed by atoms with Crippen LogP contribution in [0.4, 0.5) is 0 Å². The quantitative estimate of drug-likeness (QED) is 0.279. The molecule has 5 nitrogen and oxygen atoms in total. The fourth-order valence-corrected chi connectivity index (χ4v) is 4.03. The Bertz CT molecular complexity index is 1020. The number of esters is 1. The lowest BCUT2D eigenvalue weighted by atomic mass is 10.1. The van der Waals surface area contributed by atoms with Crippen LogP contribution in [-0.4, -0.2) is 35.3 Å². The second kappa shape index (κ2) is 8.53. The second-order valence-corrected chi connectivity index (χ2v) is 8.18. The number of amides is 1. The number of nitrogens with zero attached hydrogens (tertiary/aromatic N) is 1. The number of rotatable bonds is 4. The Morgan fingerprint density at radius 3 is 2.54 bits per heavy atom. The summed E-state index contributed by atoms with van der Waals surface area (Å²) in [4.78, 5) is 26.5. The van der Waals surface area contributed by atoms with Crippen molar-refractivity contribution < 1.29 is 19.1 Å². The van der Waals surface area contributed by atoms with Gasteiger partial charge in [0.1, 0.15) is 4.32 Å². The number of carbonyl (C=O) groups is 2. The molecule has 0 radical (unpaired) electrons. The van der Waals surface area contributed by atoms with Crippen LogP contribution in [0.5, 0.6) is 11.5 Å². The largest absolute Gasteiger partial charge is 0.493 e. The Kier molecular flexibility index (Phi) is 6.30. The standard InChI is InChI=1S/C19H13Cl2NO4S2/c1-22-17(23)16(28-19(22)27)8-10-3-6-14(15(7-10)25-2)26-18(24)12-5-4-11(20)9-13(12)21/h3-9H,1-2H3. The number of ether oxygens (including phenoxy) is 2. The lowest BCUT2D eigenvalue weighted by Crippen LogP contribution is -2.22.